The summed E-state index contributed by atoms with van der Waals surface area (Å²) in [5.74, 6) is -1.55. The van der Waals surface area contributed by atoms with Gasteiger partial charge in [-0.1, -0.05) is 0 Å². The van der Waals surface area contributed by atoms with Crippen molar-refractivity contribution in [2.24, 2.45) is 0 Å². The standard InChI is InChI=1S/C11H10FN3O4/c12-6-1-3-9(15(18)19)8(5-6)14-11(17)7-2-4-10(16)13-7/h1,3,5,7H,2,4H2,(H,13,16)(H,14,17). The first kappa shape index (κ1) is 12.9. The number of benzene rings is 1. The van der Waals surface area contributed by atoms with Gasteiger partial charge in [0.15, 0.2) is 0 Å². The van der Waals surface area contributed by atoms with E-state index in [0.29, 0.717) is 6.42 Å². The van der Waals surface area contributed by atoms with Crippen LogP contribution in [0.2, 0.25) is 0 Å². The second-order valence-corrected chi connectivity index (χ2v) is 4.07. The summed E-state index contributed by atoms with van der Waals surface area (Å²) in [5, 5.41) is 15.4. The Labute approximate surface area is 106 Å². The van der Waals surface area contributed by atoms with Crippen LogP contribution in [0.1, 0.15) is 12.8 Å². The van der Waals surface area contributed by atoms with E-state index in [0.717, 1.165) is 18.2 Å². The lowest BCUT2D eigenvalue weighted by molar-refractivity contribution is -0.384. The van der Waals surface area contributed by atoms with Gasteiger partial charge in [-0.3, -0.25) is 19.7 Å². The maximum atomic E-state index is 13.1. The van der Waals surface area contributed by atoms with Crippen LogP contribution in [0.5, 0.6) is 0 Å². The molecule has 0 aliphatic carbocycles. The maximum Gasteiger partial charge on any atom is 0.292 e. The Kier molecular flexibility index (Phi) is 3.41. The maximum absolute atomic E-state index is 13.1. The molecule has 8 heteroatoms. The average molecular weight is 267 g/mol. The van der Waals surface area contributed by atoms with Crippen molar-refractivity contribution < 1.29 is 18.9 Å². The number of halogens is 1. The summed E-state index contributed by atoms with van der Waals surface area (Å²) >= 11 is 0. The highest BCUT2D eigenvalue weighted by Gasteiger charge is 2.28. The van der Waals surface area contributed by atoms with Crippen LogP contribution in [0, 0.1) is 15.9 Å². The number of nitrogens with zero attached hydrogens (tertiary/aromatic N) is 1. The number of nitro groups is 1. The summed E-state index contributed by atoms with van der Waals surface area (Å²) in [6, 6.07) is 2.03. The number of carbonyl (C=O) groups excluding carboxylic acids is 2. The minimum Gasteiger partial charge on any atom is -0.344 e. The largest absolute Gasteiger partial charge is 0.344 e. The molecule has 1 aromatic carbocycles. The first-order valence-corrected chi connectivity index (χ1v) is 5.51. The van der Waals surface area contributed by atoms with Crippen LogP contribution < -0.4 is 10.6 Å². The number of nitrogens with one attached hydrogen (secondary N) is 2. The topological polar surface area (TPSA) is 101 Å². The molecule has 0 radical (unpaired) electrons. The zero-order chi connectivity index (χ0) is 14.0. The zero-order valence-electron chi connectivity index (χ0n) is 9.68. The highest BCUT2D eigenvalue weighted by atomic mass is 19.1. The fourth-order valence-corrected chi connectivity index (χ4v) is 1.80. The van der Waals surface area contributed by atoms with E-state index in [1.165, 1.54) is 0 Å². The van der Waals surface area contributed by atoms with Gasteiger partial charge in [-0.2, -0.15) is 0 Å². The number of amides is 2. The van der Waals surface area contributed by atoms with Gasteiger partial charge in [-0.25, -0.2) is 4.39 Å². The lowest BCUT2D eigenvalue weighted by atomic mass is 10.2. The molecular formula is C11H10FN3O4. The van der Waals surface area contributed by atoms with Gasteiger partial charge in [0.05, 0.1) is 4.92 Å². The van der Waals surface area contributed by atoms with E-state index < -0.39 is 28.4 Å². The fraction of sp³-hybridized carbons (Fsp3) is 0.273. The molecule has 1 fully saturated rings. The Bertz CT molecular complexity index is 561. The van der Waals surface area contributed by atoms with Crippen LogP contribution in [-0.4, -0.2) is 22.8 Å². The number of nitro benzene ring substituents is 1. The molecule has 1 aliphatic rings. The van der Waals surface area contributed by atoms with E-state index in [2.05, 4.69) is 10.6 Å². The molecule has 1 unspecified atom stereocenters. The SMILES string of the molecule is O=C1CCC(C(=O)Nc2cc(F)ccc2[N+](=O)[O-])N1. The van der Waals surface area contributed by atoms with Gasteiger partial charge in [0.25, 0.3) is 5.69 Å². The lowest BCUT2D eigenvalue weighted by Crippen LogP contribution is -2.37. The molecule has 19 heavy (non-hydrogen) atoms. The number of anilines is 1. The van der Waals surface area contributed by atoms with Gasteiger partial charge in [0.2, 0.25) is 11.8 Å². The van der Waals surface area contributed by atoms with Gasteiger partial charge >= 0.3 is 0 Å². The monoisotopic (exact) mass is 267 g/mol. The average Bonchev–Trinajstić information content (AvgIpc) is 2.75. The van der Waals surface area contributed by atoms with E-state index in [1.807, 2.05) is 0 Å². The Balaban J connectivity index is 2.18. The van der Waals surface area contributed by atoms with Crippen molar-refractivity contribution in [3.63, 3.8) is 0 Å². The summed E-state index contributed by atoms with van der Waals surface area (Å²) < 4.78 is 13.1. The molecular weight excluding hydrogens is 257 g/mol. The Morgan fingerprint density at radius 1 is 1.53 bits per heavy atom. The molecule has 1 aliphatic heterocycles. The Morgan fingerprint density at radius 3 is 2.84 bits per heavy atom. The van der Waals surface area contributed by atoms with E-state index in [-0.39, 0.29) is 18.0 Å². The molecule has 2 N–H and O–H groups in total. The summed E-state index contributed by atoms with van der Waals surface area (Å²) in [7, 11) is 0. The number of carbonyl (C=O) groups is 2. The molecule has 0 bridgehead atoms. The number of rotatable bonds is 3. The quantitative estimate of drug-likeness (QED) is 0.628. The highest BCUT2D eigenvalue weighted by molar-refractivity contribution is 6.00. The second kappa shape index (κ2) is 5.01. The highest BCUT2D eigenvalue weighted by Crippen LogP contribution is 2.25. The van der Waals surface area contributed by atoms with Gasteiger partial charge in [0.1, 0.15) is 17.5 Å². The van der Waals surface area contributed by atoms with E-state index >= 15 is 0 Å². The molecule has 1 aromatic rings. The summed E-state index contributed by atoms with van der Waals surface area (Å²) in [5.41, 5.74) is -0.629. The molecule has 2 rings (SSSR count). The third kappa shape index (κ3) is 2.84. The summed E-state index contributed by atoms with van der Waals surface area (Å²) in [6.45, 7) is 0. The normalized spacial score (nSPS) is 17.9. The molecule has 100 valence electrons. The molecule has 1 atom stereocenters. The lowest BCUT2D eigenvalue weighted by Gasteiger charge is -2.11. The van der Waals surface area contributed by atoms with E-state index in [9.17, 15) is 24.1 Å². The summed E-state index contributed by atoms with van der Waals surface area (Å²) in [4.78, 5) is 32.8. The Morgan fingerprint density at radius 2 is 2.26 bits per heavy atom. The predicted octanol–water partition coefficient (Wildman–Crippen LogP) is 0.951. The minimum absolute atomic E-state index is 0.226. The van der Waals surface area contributed by atoms with Crippen LogP contribution >= 0.6 is 0 Å². The van der Waals surface area contributed by atoms with Gasteiger partial charge in [-0.05, 0) is 12.5 Å². The van der Waals surface area contributed by atoms with Crippen LogP contribution in [0.25, 0.3) is 0 Å². The zero-order valence-corrected chi connectivity index (χ0v) is 9.68. The van der Waals surface area contributed by atoms with Crippen LogP contribution in [-0.2, 0) is 9.59 Å². The van der Waals surface area contributed by atoms with Crippen molar-refractivity contribution in [1.82, 2.24) is 5.32 Å². The van der Waals surface area contributed by atoms with Gasteiger partial charge in [0, 0.05) is 18.6 Å². The molecule has 0 saturated carbocycles. The van der Waals surface area contributed by atoms with Crippen LogP contribution in [0.15, 0.2) is 18.2 Å². The van der Waals surface area contributed by atoms with Crippen molar-refractivity contribution >= 4 is 23.2 Å². The van der Waals surface area contributed by atoms with Crippen LogP contribution in [0.3, 0.4) is 0 Å². The minimum atomic E-state index is -0.740. The van der Waals surface area contributed by atoms with Gasteiger partial charge < -0.3 is 10.6 Å². The molecule has 1 saturated heterocycles. The molecule has 2 amide bonds. The van der Waals surface area contributed by atoms with E-state index in [1.54, 1.807) is 0 Å². The van der Waals surface area contributed by atoms with Crippen LogP contribution in [0.4, 0.5) is 15.8 Å². The molecule has 0 aromatic heterocycles. The Hall–Kier alpha value is -2.51. The van der Waals surface area contributed by atoms with Crippen molar-refractivity contribution in [2.45, 2.75) is 18.9 Å². The third-order valence-corrected chi connectivity index (χ3v) is 2.72. The van der Waals surface area contributed by atoms with Crippen molar-refractivity contribution in [3.05, 3.63) is 34.1 Å². The fourth-order valence-electron chi connectivity index (χ4n) is 1.80. The third-order valence-electron chi connectivity index (χ3n) is 2.72. The summed E-state index contributed by atoms with van der Waals surface area (Å²) in [6.07, 6.45) is 0.539. The second-order valence-electron chi connectivity index (χ2n) is 4.07. The molecule has 7 nitrogen and oxygen atoms in total. The molecule has 1 heterocycles. The molecule has 0 spiro atoms. The first-order valence-electron chi connectivity index (χ1n) is 5.51. The number of hydrogen-bond donors (Lipinski definition) is 2. The van der Waals surface area contributed by atoms with Crippen molar-refractivity contribution in [2.75, 3.05) is 5.32 Å². The van der Waals surface area contributed by atoms with E-state index in [4.69, 9.17) is 0 Å². The number of hydrogen-bond acceptors (Lipinski definition) is 4. The van der Waals surface area contributed by atoms with Crippen molar-refractivity contribution in [1.29, 1.82) is 0 Å². The van der Waals surface area contributed by atoms with Gasteiger partial charge in [-0.15, -0.1) is 0 Å². The smallest absolute Gasteiger partial charge is 0.292 e. The first-order chi connectivity index (χ1) is 8.97. The van der Waals surface area contributed by atoms with Crippen molar-refractivity contribution in [3.8, 4) is 0 Å². The predicted molar refractivity (Wildman–Crippen MR) is 62.8 cm³/mol.